The highest BCUT2D eigenvalue weighted by molar-refractivity contribution is 6.53. The molecule has 2 aromatic carbocycles. The molecule has 25 heavy (non-hydrogen) atoms. The number of nitrogens with zero attached hydrogens (tertiary/aromatic N) is 1. The number of nitrogens with one attached hydrogen (secondary N) is 1. The van der Waals surface area contributed by atoms with Crippen LogP contribution in [0.15, 0.2) is 47.1 Å². The minimum absolute atomic E-state index is 0.0907. The number of rotatable bonds is 3. The van der Waals surface area contributed by atoms with Gasteiger partial charge in [0.2, 0.25) is 0 Å². The zero-order valence-corrected chi connectivity index (χ0v) is 15.0. The summed E-state index contributed by atoms with van der Waals surface area (Å²) in [6, 6.07) is 8.60. The Kier molecular flexibility index (Phi) is 4.73. The number of benzene rings is 2. The lowest BCUT2D eigenvalue weighted by atomic mass is 10.2. The first-order valence-corrected chi connectivity index (χ1v) is 8.19. The van der Waals surface area contributed by atoms with Crippen LogP contribution in [0.3, 0.4) is 0 Å². The van der Waals surface area contributed by atoms with Gasteiger partial charge >= 0.3 is 0 Å². The molecule has 1 N–H and O–H groups in total. The number of hydrogen-bond acceptors (Lipinski definition) is 3. The van der Waals surface area contributed by atoms with Crippen molar-refractivity contribution in [2.75, 3.05) is 10.2 Å². The van der Waals surface area contributed by atoms with E-state index in [4.69, 9.17) is 34.8 Å². The van der Waals surface area contributed by atoms with Gasteiger partial charge in [0, 0.05) is 10.7 Å². The van der Waals surface area contributed by atoms with E-state index < -0.39 is 17.6 Å². The molecule has 1 aliphatic heterocycles. The molecule has 0 saturated heterocycles. The maximum Gasteiger partial charge on any atom is 0.283 e. The number of hydrogen-bond donors (Lipinski definition) is 1. The van der Waals surface area contributed by atoms with Gasteiger partial charge in [-0.05, 0) is 42.8 Å². The Hall–Kier alpha value is -2.08. The van der Waals surface area contributed by atoms with Crippen LogP contribution < -0.4 is 10.2 Å². The fourth-order valence-electron chi connectivity index (χ4n) is 2.28. The lowest BCUT2D eigenvalue weighted by molar-refractivity contribution is -0.120. The van der Waals surface area contributed by atoms with E-state index in [1.807, 2.05) is 6.92 Å². The molecule has 2 aromatic rings. The molecule has 3 rings (SSSR count). The van der Waals surface area contributed by atoms with Crippen LogP contribution in [0.4, 0.5) is 15.8 Å². The Morgan fingerprint density at radius 1 is 0.960 bits per heavy atom. The topological polar surface area (TPSA) is 49.4 Å². The number of aryl methyl sites for hydroxylation is 1. The summed E-state index contributed by atoms with van der Waals surface area (Å²) in [6.07, 6.45) is 0. The smallest absolute Gasteiger partial charge is 0.283 e. The second-order valence-corrected chi connectivity index (χ2v) is 6.51. The largest absolute Gasteiger partial charge is 0.350 e. The number of carbonyl (C=O) groups excluding carboxylic acids is 2. The summed E-state index contributed by atoms with van der Waals surface area (Å²) in [4.78, 5) is 25.8. The zero-order valence-electron chi connectivity index (χ0n) is 12.7. The minimum Gasteiger partial charge on any atom is -0.350 e. The monoisotopic (exact) mass is 398 g/mol. The fraction of sp³-hybridized carbons (Fsp3) is 0.0588. The summed E-state index contributed by atoms with van der Waals surface area (Å²) in [5.74, 6) is -2.05. The van der Waals surface area contributed by atoms with Gasteiger partial charge in [0.1, 0.15) is 16.5 Å². The predicted octanol–water partition coefficient (Wildman–Crippen LogP) is 4.88. The van der Waals surface area contributed by atoms with Crippen molar-refractivity contribution in [2.24, 2.45) is 0 Å². The lowest BCUT2D eigenvalue weighted by Gasteiger charge is -2.15. The molecule has 0 saturated carbocycles. The molecule has 128 valence electrons. The van der Waals surface area contributed by atoms with Crippen LogP contribution >= 0.6 is 34.8 Å². The standard InChI is InChI=1S/C17H10Cl3FN2O2/c1-8-2-3-9(6-11(8)18)22-15-14(20)16(24)23(17(15)25)10-4-5-13(21)12(19)7-10/h2-7,22H,1H3. The maximum atomic E-state index is 13.3. The van der Waals surface area contributed by atoms with Crippen molar-refractivity contribution in [1.82, 2.24) is 0 Å². The Bertz CT molecular complexity index is 943. The number of amides is 2. The molecule has 1 aliphatic rings. The van der Waals surface area contributed by atoms with Gasteiger partial charge in [-0.25, -0.2) is 9.29 Å². The number of imide groups is 1. The molecule has 0 unspecified atom stereocenters. The van der Waals surface area contributed by atoms with Crippen molar-refractivity contribution in [1.29, 1.82) is 0 Å². The van der Waals surface area contributed by atoms with Crippen LogP contribution in [0.2, 0.25) is 10.0 Å². The SMILES string of the molecule is Cc1ccc(NC2=C(Cl)C(=O)N(c3ccc(F)c(Cl)c3)C2=O)cc1Cl. The van der Waals surface area contributed by atoms with Crippen LogP contribution in [0.25, 0.3) is 0 Å². The fourth-order valence-corrected chi connectivity index (χ4v) is 2.85. The summed E-state index contributed by atoms with van der Waals surface area (Å²) in [7, 11) is 0. The summed E-state index contributed by atoms with van der Waals surface area (Å²) in [5.41, 5.74) is 1.40. The number of carbonyl (C=O) groups is 2. The molecule has 2 amide bonds. The maximum absolute atomic E-state index is 13.3. The molecule has 1 heterocycles. The predicted molar refractivity (Wildman–Crippen MR) is 96.6 cm³/mol. The zero-order chi connectivity index (χ0) is 18.3. The molecular weight excluding hydrogens is 390 g/mol. The third-order valence-corrected chi connectivity index (χ3v) is 4.68. The van der Waals surface area contributed by atoms with Crippen LogP contribution in [0, 0.1) is 12.7 Å². The summed E-state index contributed by atoms with van der Waals surface area (Å²) in [6.45, 7) is 1.84. The highest BCUT2D eigenvalue weighted by atomic mass is 35.5. The van der Waals surface area contributed by atoms with E-state index in [0.29, 0.717) is 10.7 Å². The number of anilines is 2. The van der Waals surface area contributed by atoms with E-state index in [1.165, 1.54) is 12.1 Å². The van der Waals surface area contributed by atoms with Gasteiger partial charge in [0.15, 0.2) is 0 Å². The van der Waals surface area contributed by atoms with E-state index in [2.05, 4.69) is 5.32 Å². The lowest BCUT2D eigenvalue weighted by Crippen LogP contribution is -2.32. The molecule has 4 nitrogen and oxygen atoms in total. The highest BCUT2D eigenvalue weighted by Crippen LogP contribution is 2.32. The molecule has 0 aliphatic carbocycles. The Balaban J connectivity index is 1.93. The second kappa shape index (κ2) is 6.67. The Morgan fingerprint density at radius 2 is 1.68 bits per heavy atom. The molecule has 0 bridgehead atoms. The van der Waals surface area contributed by atoms with Gasteiger partial charge in [0.05, 0.1) is 10.7 Å². The Labute approximate surface area is 157 Å². The van der Waals surface area contributed by atoms with Crippen molar-refractivity contribution in [3.63, 3.8) is 0 Å². The van der Waals surface area contributed by atoms with Gasteiger partial charge < -0.3 is 5.32 Å². The van der Waals surface area contributed by atoms with Crippen molar-refractivity contribution < 1.29 is 14.0 Å². The van der Waals surface area contributed by atoms with Gasteiger partial charge in [0.25, 0.3) is 11.8 Å². The second-order valence-electron chi connectivity index (χ2n) is 5.32. The molecule has 0 fully saturated rings. The molecule has 0 radical (unpaired) electrons. The molecule has 0 aromatic heterocycles. The average Bonchev–Trinajstić information content (AvgIpc) is 2.77. The van der Waals surface area contributed by atoms with Gasteiger partial charge in [-0.1, -0.05) is 40.9 Å². The van der Waals surface area contributed by atoms with Crippen molar-refractivity contribution in [2.45, 2.75) is 6.92 Å². The first-order chi connectivity index (χ1) is 11.8. The third-order valence-electron chi connectivity index (χ3n) is 3.63. The van der Waals surface area contributed by atoms with Crippen LogP contribution in [0.5, 0.6) is 0 Å². The van der Waals surface area contributed by atoms with E-state index in [-0.39, 0.29) is 21.4 Å². The Morgan fingerprint density at radius 3 is 2.32 bits per heavy atom. The first kappa shape index (κ1) is 17.7. The summed E-state index contributed by atoms with van der Waals surface area (Å²) >= 11 is 17.8. The molecular formula is C17H10Cl3FN2O2. The van der Waals surface area contributed by atoms with Gasteiger partial charge in [-0.2, -0.15) is 0 Å². The molecule has 0 spiro atoms. The first-order valence-electron chi connectivity index (χ1n) is 7.06. The van der Waals surface area contributed by atoms with Crippen LogP contribution in [0.1, 0.15) is 5.56 Å². The van der Waals surface area contributed by atoms with Crippen LogP contribution in [-0.2, 0) is 9.59 Å². The van der Waals surface area contributed by atoms with E-state index in [1.54, 1.807) is 18.2 Å². The highest BCUT2D eigenvalue weighted by Gasteiger charge is 2.39. The average molecular weight is 400 g/mol. The third kappa shape index (κ3) is 3.23. The quantitative estimate of drug-likeness (QED) is 0.749. The minimum atomic E-state index is -0.727. The van der Waals surface area contributed by atoms with Gasteiger partial charge in [-0.15, -0.1) is 0 Å². The van der Waals surface area contributed by atoms with E-state index in [0.717, 1.165) is 16.5 Å². The molecule has 0 atom stereocenters. The summed E-state index contributed by atoms with van der Waals surface area (Å²) < 4.78 is 13.3. The van der Waals surface area contributed by atoms with Crippen molar-refractivity contribution in [3.05, 3.63) is 68.6 Å². The molecule has 8 heteroatoms. The normalized spacial score (nSPS) is 14.5. The number of halogens is 4. The summed E-state index contributed by atoms with van der Waals surface area (Å²) in [5, 5.41) is 2.83. The van der Waals surface area contributed by atoms with Crippen molar-refractivity contribution in [3.8, 4) is 0 Å². The van der Waals surface area contributed by atoms with E-state index >= 15 is 0 Å². The van der Waals surface area contributed by atoms with Crippen molar-refractivity contribution >= 4 is 58.0 Å². The van der Waals surface area contributed by atoms with Gasteiger partial charge in [-0.3, -0.25) is 9.59 Å². The van der Waals surface area contributed by atoms with Crippen LogP contribution in [-0.4, -0.2) is 11.8 Å². The van der Waals surface area contributed by atoms with E-state index in [9.17, 15) is 14.0 Å².